The Hall–Kier alpha value is 0.140. The smallest absolute Gasteiger partial charge is 0.0701 e. The third-order valence-corrected chi connectivity index (χ3v) is 4.65. The molecule has 1 heterocycles. The van der Waals surface area contributed by atoms with Gasteiger partial charge in [-0.3, -0.25) is 4.90 Å². The van der Waals surface area contributed by atoms with Gasteiger partial charge in [-0.2, -0.15) is 0 Å². The van der Waals surface area contributed by atoms with Crippen LogP contribution in [0.4, 0.5) is 0 Å². The highest BCUT2D eigenvalue weighted by molar-refractivity contribution is 9.11. The van der Waals surface area contributed by atoms with Gasteiger partial charge in [-0.25, -0.2) is 0 Å². The normalized spacial score (nSPS) is 16.3. The molecule has 90 valence electrons. The van der Waals surface area contributed by atoms with Crippen LogP contribution in [0.15, 0.2) is 15.9 Å². The summed E-state index contributed by atoms with van der Waals surface area (Å²) in [5, 5.41) is 0. The van der Waals surface area contributed by atoms with E-state index in [0.717, 1.165) is 18.5 Å². The molecular formula is C13H20BrNS. The number of halogens is 1. The lowest BCUT2D eigenvalue weighted by atomic mass is 10.1. The van der Waals surface area contributed by atoms with Crippen LogP contribution in [0.25, 0.3) is 0 Å². The van der Waals surface area contributed by atoms with E-state index in [1.165, 1.54) is 34.5 Å². The maximum Gasteiger partial charge on any atom is 0.0701 e. The second-order valence-electron chi connectivity index (χ2n) is 5.09. The van der Waals surface area contributed by atoms with Gasteiger partial charge in [-0.15, -0.1) is 11.3 Å². The summed E-state index contributed by atoms with van der Waals surface area (Å²) in [6.07, 6.45) is 4.14. The molecule has 1 aliphatic carbocycles. The highest BCUT2D eigenvalue weighted by Gasteiger charge is 2.28. The third kappa shape index (κ3) is 3.86. The van der Waals surface area contributed by atoms with Crippen molar-refractivity contribution in [2.45, 2.75) is 45.7 Å². The van der Waals surface area contributed by atoms with Crippen LogP contribution in [0.2, 0.25) is 0 Å². The van der Waals surface area contributed by atoms with Crippen LogP contribution in [-0.4, -0.2) is 17.5 Å². The molecule has 1 aromatic rings. The minimum absolute atomic E-state index is 0.816. The first-order valence-electron chi connectivity index (χ1n) is 6.13. The summed E-state index contributed by atoms with van der Waals surface area (Å²) >= 11 is 5.41. The Balaban J connectivity index is 1.87. The standard InChI is InChI=1S/C13H20BrNS/c1-10(2)7-8-15(11-3-4-11)9-12-5-6-13(14)16-12/h5-6,10-11H,3-4,7-9H2,1-2H3. The van der Waals surface area contributed by atoms with E-state index < -0.39 is 0 Å². The molecule has 1 aliphatic rings. The maximum absolute atomic E-state index is 3.54. The summed E-state index contributed by atoms with van der Waals surface area (Å²) in [5.41, 5.74) is 0. The molecule has 0 amide bonds. The molecular weight excluding hydrogens is 282 g/mol. The minimum Gasteiger partial charge on any atom is -0.295 e. The highest BCUT2D eigenvalue weighted by atomic mass is 79.9. The van der Waals surface area contributed by atoms with Crippen LogP contribution in [0.3, 0.4) is 0 Å². The van der Waals surface area contributed by atoms with Crippen molar-refractivity contribution in [1.82, 2.24) is 4.90 Å². The molecule has 0 bridgehead atoms. The average Bonchev–Trinajstić information content (AvgIpc) is 2.98. The first kappa shape index (κ1) is 12.6. The second-order valence-corrected chi connectivity index (χ2v) is 7.64. The third-order valence-electron chi connectivity index (χ3n) is 3.04. The predicted octanol–water partition coefficient (Wildman–Crippen LogP) is 4.52. The molecule has 1 aromatic heterocycles. The summed E-state index contributed by atoms with van der Waals surface area (Å²) in [7, 11) is 0. The van der Waals surface area contributed by atoms with E-state index in [2.05, 4.69) is 46.8 Å². The van der Waals surface area contributed by atoms with Gasteiger partial charge < -0.3 is 0 Å². The molecule has 16 heavy (non-hydrogen) atoms. The minimum atomic E-state index is 0.816. The molecule has 1 nitrogen and oxygen atoms in total. The summed E-state index contributed by atoms with van der Waals surface area (Å²) in [6, 6.07) is 5.28. The van der Waals surface area contributed by atoms with E-state index in [0.29, 0.717) is 0 Å². The van der Waals surface area contributed by atoms with Gasteiger partial charge in [0.2, 0.25) is 0 Å². The number of hydrogen-bond acceptors (Lipinski definition) is 2. The lowest BCUT2D eigenvalue weighted by molar-refractivity contribution is 0.241. The SMILES string of the molecule is CC(C)CCN(Cc1ccc(Br)s1)C1CC1. The largest absolute Gasteiger partial charge is 0.295 e. The average molecular weight is 302 g/mol. The molecule has 0 aliphatic heterocycles. The topological polar surface area (TPSA) is 3.24 Å². The molecule has 0 N–H and O–H groups in total. The number of hydrogen-bond donors (Lipinski definition) is 0. The van der Waals surface area contributed by atoms with Crippen molar-refractivity contribution >= 4 is 27.3 Å². The van der Waals surface area contributed by atoms with E-state index >= 15 is 0 Å². The Labute approximate surface area is 111 Å². The molecule has 0 unspecified atom stereocenters. The fourth-order valence-corrected chi connectivity index (χ4v) is 3.40. The van der Waals surface area contributed by atoms with Crippen LogP contribution < -0.4 is 0 Å². The Morgan fingerprint density at radius 2 is 2.19 bits per heavy atom. The molecule has 0 atom stereocenters. The van der Waals surface area contributed by atoms with Crippen LogP contribution in [-0.2, 0) is 6.54 Å². The summed E-state index contributed by atoms with van der Waals surface area (Å²) < 4.78 is 1.25. The van der Waals surface area contributed by atoms with Crippen LogP contribution in [0.1, 0.15) is 38.0 Å². The van der Waals surface area contributed by atoms with Crippen LogP contribution in [0, 0.1) is 5.92 Å². The van der Waals surface area contributed by atoms with E-state index in [-0.39, 0.29) is 0 Å². The van der Waals surface area contributed by atoms with E-state index in [4.69, 9.17) is 0 Å². The Bertz CT molecular complexity index is 330. The fourth-order valence-electron chi connectivity index (χ4n) is 1.89. The van der Waals surface area contributed by atoms with Crippen molar-refractivity contribution in [2.75, 3.05) is 6.54 Å². The molecule has 1 fully saturated rings. The lowest BCUT2D eigenvalue weighted by Gasteiger charge is -2.22. The van der Waals surface area contributed by atoms with Gasteiger partial charge in [0, 0.05) is 17.5 Å². The van der Waals surface area contributed by atoms with Gasteiger partial charge in [0.05, 0.1) is 3.79 Å². The van der Waals surface area contributed by atoms with Gasteiger partial charge >= 0.3 is 0 Å². The fraction of sp³-hybridized carbons (Fsp3) is 0.692. The van der Waals surface area contributed by atoms with Gasteiger partial charge in [0.1, 0.15) is 0 Å². The van der Waals surface area contributed by atoms with E-state index in [9.17, 15) is 0 Å². The van der Waals surface area contributed by atoms with Crippen molar-refractivity contribution in [3.05, 3.63) is 20.8 Å². The molecule has 3 heteroatoms. The van der Waals surface area contributed by atoms with Crippen molar-refractivity contribution < 1.29 is 0 Å². The first-order valence-corrected chi connectivity index (χ1v) is 7.74. The van der Waals surface area contributed by atoms with Crippen molar-refractivity contribution in [3.8, 4) is 0 Å². The zero-order valence-corrected chi connectivity index (χ0v) is 12.5. The monoisotopic (exact) mass is 301 g/mol. The van der Waals surface area contributed by atoms with Gasteiger partial charge in [-0.05, 0) is 59.8 Å². The van der Waals surface area contributed by atoms with Gasteiger partial charge in [0.15, 0.2) is 0 Å². The first-order chi connectivity index (χ1) is 7.65. The van der Waals surface area contributed by atoms with Crippen LogP contribution in [0.5, 0.6) is 0 Å². The van der Waals surface area contributed by atoms with E-state index in [1.807, 2.05) is 11.3 Å². The molecule has 2 rings (SSSR count). The molecule has 0 radical (unpaired) electrons. The van der Waals surface area contributed by atoms with E-state index in [1.54, 1.807) is 0 Å². The van der Waals surface area contributed by atoms with Gasteiger partial charge in [-0.1, -0.05) is 13.8 Å². The summed E-state index contributed by atoms with van der Waals surface area (Å²) in [5.74, 6) is 0.816. The van der Waals surface area contributed by atoms with Crippen molar-refractivity contribution in [3.63, 3.8) is 0 Å². The summed E-state index contributed by atoms with van der Waals surface area (Å²) in [6.45, 7) is 7.03. The molecule has 1 saturated carbocycles. The summed E-state index contributed by atoms with van der Waals surface area (Å²) in [4.78, 5) is 4.15. The maximum atomic E-state index is 3.54. The number of nitrogens with zero attached hydrogens (tertiary/aromatic N) is 1. The second kappa shape index (κ2) is 5.65. The molecule has 0 saturated heterocycles. The predicted molar refractivity (Wildman–Crippen MR) is 74.9 cm³/mol. The lowest BCUT2D eigenvalue weighted by Crippen LogP contribution is -2.27. The Morgan fingerprint density at radius 1 is 1.44 bits per heavy atom. The zero-order chi connectivity index (χ0) is 11.5. The number of rotatable bonds is 6. The van der Waals surface area contributed by atoms with Crippen LogP contribution >= 0.6 is 27.3 Å². The Morgan fingerprint density at radius 3 is 2.69 bits per heavy atom. The quantitative estimate of drug-likeness (QED) is 0.746. The zero-order valence-electron chi connectivity index (χ0n) is 10.1. The van der Waals surface area contributed by atoms with Crippen molar-refractivity contribution in [2.24, 2.45) is 5.92 Å². The number of thiophene rings is 1. The Kier molecular flexibility index (Phi) is 4.45. The molecule has 0 spiro atoms. The highest BCUT2D eigenvalue weighted by Crippen LogP contribution is 2.31. The van der Waals surface area contributed by atoms with Crippen molar-refractivity contribution in [1.29, 1.82) is 0 Å². The molecule has 0 aromatic carbocycles. The van der Waals surface area contributed by atoms with Gasteiger partial charge in [0.25, 0.3) is 0 Å².